The zero-order valence-electron chi connectivity index (χ0n) is 12.6. The van der Waals surface area contributed by atoms with Crippen LogP contribution >= 0.6 is 0 Å². The van der Waals surface area contributed by atoms with Gasteiger partial charge in [-0.25, -0.2) is 9.98 Å². The predicted molar refractivity (Wildman–Crippen MR) is 88.4 cm³/mol. The lowest BCUT2D eigenvalue weighted by molar-refractivity contribution is 0.308. The van der Waals surface area contributed by atoms with Gasteiger partial charge < -0.3 is 15.8 Å². The maximum absolute atomic E-state index is 9.07. The van der Waals surface area contributed by atoms with Crippen molar-refractivity contribution in [2.45, 2.75) is 18.9 Å². The topological polar surface area (TPSA) is 96.3 Å². The van der Waals surface area contributed by atoms with Crippen molar-refractivity contribution in [3.8, 4) is 6.07 Å². The van der Waals surface area contributed by atoms with E-state index in [0.717, 1.165) is 18.5 Å². The van der Waals surface area contributed by atoms with Gasteiger partial charge in [-0.3, -0.25) is 0 Å². The Labute approximate surface area is 134 Å². The number of anilines is 2. The molecule has 0 amide bonds. The largest absolute Gasteiger partial charge is 0.463 e. The molecule has 1 aromatic carbocycles. The molecule has 0 saturated carbocycles. The Morgan fingerprint density at radius 1 is 1.30 bits per heavy atom. The van der Waals surface area contributed by atoms with Gasteiger partial charge in [-0.15, -0.1) is 0 Å². The molecule has 0 aliphatic carbocycles. The molecular formula is C17H17N5O. The Kier molecular flexibility index (Phi) is 4.39. The number of pyridine rings is 1. The van der Waals surface area contributed by atoms with Crippen LogP contribution in [-0.2, 0) is 11.2 Å². The molecule has 1 aliphatic heterocycles. The number of ether oxygens (including phenoxy) is 1. The van der Waals surface area contributed by atoms with Gasteiger partial charge in [0.1, 0.15) is 18.5 Å². The Morgan fingerprint density at radius 3 is 2.83 bits per heavy atom. The molecule has 0 saturated heterocycles. The second-order valence-corrected chi connectivity index (χ2v) is 5.30. The third-order valence-corrected chi connectivity index (χ3v) is 3.64. The molecule has 2 heterocycles. The minimum absolute atomic E-state index is 0.152. The Balaban J connectivity index is 1.60. The van der Waals surface area contributed by atoms with Crippen LogP contribution in [0.4, 0.5) is 11.5 Å². The molecule has 2 aromatic rings. The minimum Gasteiger partial charge on any atom is -0.463 e. The zero-order valence-corrected chi connectivity index (χ0v) is 12.6. The van der Waals surface area contributed by atoms with Crippen LogP contribution in [0.25, 0.3) is 0 Å². The highest BCUT2D eigenvalue weighted by atomic mass is 16.5. The first kappa shape index (κ1) is 14.9. The summed E-state index contributed by atoms with van der Waals surface area (Å²) in [4.78, 5) is 8.41. The van der Waals surface area contributed by atoms with Crippen LogP contribution in [0.3, 0.4) is 0 Å². The molecule has 1 aliphatic rings. The highest BCUT2D eigenvalue weighted by Gasteiger charge is 2.16. The molecule has 116 valence electrons. The third-order valence-electron chi connectivity index (χ3n) is 3.64. The summed E-state index contributed by atoms with van der Waals surface area (Å²) in [7, 11) is 0. The molecule has 0 radical (unpaired) electrons. The number of aromatic nitrogens is 1. The van der Waals surface area contributed by atoms with E-state index in [4.69, 9.17) is 15.7 Å². The van der Waals surface area contributed by atoms with Crippen molar-refractivity contribution in [2.75, 3.05) is 11.9 Å². The standard InChI is InChI=1S/C17H17N5O/c18-10-13-2-1-9-20-16(13)21-14-6-3-12(4-7-14)5-8-15-11-23-17(19)22-15/h1-4,6-7,9,15H,5,8,11H2,(H2,19,22)(H,20,21)/t15-/m0/s1. The molecule has 6 nitrogen and oxygen atoms in total. The second kappa shape index (κ2) is 6.79. The van der Waals surface area contributed by atoms with Crippen LogP contribution in [0, 0.1) is 11.3 Å². The van der Waals surface area contributed by atoms with E-state index in [0.29, 0.717) is 24.0 Å². The van der Waals surface area contributed by atoms with E-state index in [1.807, 2.05) is 12.1 Å². The second-order valence-electron chi connectivity index (χ2n) is 5.30. The highest BCUT2D eigenvalue weighted by Crippen LogP contribution is 2.19. The van der Waals surface area contributed by atoms with Crippen LogP contribution in [0.15, 0.2) is 47.6 Å². The number of benzene rings is 1. The molecule has 1 atom stereocenters. The molecule has 0 fully saturated rings. The van der Waals surface area contributed by atoms with Crippen LogP contribution in [0.1, 0.15) is 17.5 Å². The summed E-state index contributed by atoms with van der Waals surface area (Å²) >= 11 is 0. The third kappa shape index (κ3) is 3.77. The van der Waals surface area contributed by atoms with Crippen molar-refractivity contribution in [2.24, 2.45) is 10.7 Å². The molecule has 0 spiro atoms. The monoisotopic (exact) mass is 307 g/mol. The van der Waals surface area contributed by atoms with Gasteiger partial charge >= 0.3 is 0 Å². The molecule has 0 bridgehead atoms. The lowest BCUT2D eigenvalue weighted by atomic mass is 10.1. The van der Waals surface area contributed by atoms with E-state index in [9.17, 15) is 0 Å². The van der Waals surface area contributed by atoms with Gasteiger partial charge in [-0.2, -0.15) is 5.26 Å². The van der Waals surface area contributed by atoms with Gasteiger partial charge in [0.05, 0.1) is 11.6 Å². The maximum Gasteiger partial charge on any atom is 0.282 e. The van der Waals surface area contributed by atoms with Crippen LogP contribution in [0.5, 0.6) is 0 Å². The summed E-state index contributed by atoms with van der Waals surface area (Å²) < 4.78 is 5.15. The first-order chi connectivity index (χ1) is 11.2. The fourth-order valence-corrected chi connectivity index (χ4v) is 2.40. The number of amidine groups is 1. The highest BCUT2D eigenvalue weighted by molar-refractivity contribution is 5.73. The number of hydrogen-bond donors (Lipinski definition) is 2. The number of aliphatic imine (C=N–C) groups is 1. The lowest BCUT2D eigenvalue weighted by Gasteiger charge is -2.09. The Morgan fingerprint density at radius 2 is 2.13 bits per heavy atom. The van der Waals surface area contributed by atoms with E-state index in [1.54, 1.807) is 18.3 Å². The summed E-state index contributed by atoms with van der Waals surface area (Å²) in [6.07, 6.45) is 3.48. The quantitative estimate of drug-likeness (QED) is 0.883. The maximum atomic E-state index is 9.07. The van der Waals surface area contributed by atoms with Gasteiger partial charge in [-0.05, 0) is 42.7 Å². The fourth-order valence-electron chi connectivity index (χ4n) is 2.40. The first-order valence-electron chi connectivity index (χ1n) is 7.42. The number of nitrogens with two attached hydrogens (primary N) is 1. The van der Waals surface area contributed by atoms with E-state index in [-0.39, 0.29) is 6.04 Å². The molecule has 3 N–H and O–H groups in total. The normalized spacial score (nSPS) is 16.3. The van der Waals surface area contributed by atoms with Gasteiger partial charge in [-0.1, -0.05) is 12.1 Å². The molecule has 0 unspecified atom stereocenters. The first-order valence-corrected chi connectivity index (χ1v) is 7.42. The van der Waals surface area contributed by atoms with Gasteiger partial charge in [0.15, 0.2) is 0 Å². The van der Waals surface area contributed by atoms with Crippen molar-refractivity contribution < 1.29 is 4.74 Å². The van der Waals surface area contributed by atoms with Crippen LogP contribution in [0.2, 0.25) is 0 Å². The molecule has 3 rings (SSSR count). The summed E-state index contributed by atoms with van der Waals surface area (Å²) in [5.74, 6) is 0.565. The minimum atomic E-state index is 0.152. The molecule has 1 aromatic heterocycles. The fraction of sp³-hybridized carbons (Fsp3) is 0.235. The summed E-state index contributed by atoms with van der Waals surface area (Å²) in [5.41, 5.74) is 8.14. The molecule has 6 heteroatoms. The molecular weight excluding hydrogens is 290 g/mol. The van der Waals surface area contributed by atoms with Crippen LogP contribution < -0.4 is 11.1 Å². The predicted octanol–water partition coefficient (Wildman–Crippen LogP) is 2.34. The zero-order chi connectivity index (χ0) is 16.1. The van der Waals surface area contributed by atoms with Crippen molar-refractivity contribution in [3.05, 3.63) is 53.7 Å². The Hall–Kier alpha value is -3.07. The average Bonchev–Trinajstić information content (AvgIpc) is 3.00. The number of aryl methyl sites for hydroxylation is 1. The van der Waals surface area contributed by atoms with E-state index >= 15 is 0 Å². The van der Waals surface area contributed by atoms with Crippen molar-refractivity contribution in [1.29, 1.82) is 5.26 Å². The van der Waals surface area contributed by atoms with E-state index in [2.05, 4.69) is 33.5 Å². The number of rotatable bonds is 5. The molecule has 23 heavy (non-hydrogen) atoms. The lowest BCUT2D eigenvalue weighted by Crippen LogP contribution is -2.10. The van der Waals surface area contributed by atoms with Gasteiger partial charge in [0, 0.05) is 11.9 Å². The van der Waals surface area contributed by atoms with Gasteiger partial charge in [0.2, 0.25) is 0 Å². The van der Waals surface area contributed by atoms with E-state index < -0.39 is 0 Å². The van der Waals surface area contributed by atoms with Gasteiger partial charge in [0.25, 0.3) is 6.02 Å². The number of hydrogen-bond acceptors (Lipinski definition) is 6. The van der Waals surface area contributed by atoms with Crippen molar-refractivity contribution in [3.63, 3.8) is 0 Å². The summed E-state index contributed by atoms with van der Waals surface area (Å²) in [5, 5.41) is 12.2. The number of nitrogens with zero attached hydrogens (tertiary/aromatic N) is 3. The van der Waals surface area contributed by atoms with E-state index in [1.165, 1.54) is 5.56 Å². The summed E-state index contributed by atoms with van der Waals surface area (Å²) in [6.45, 7) is 0.572. The average molecular weight is 307 g/mol. The smallest absolute Gasteiger partial charge is 0.282 e. The summed E-state index contributed by atoms with van der Waals surface area (Å²) in [6, 6.07) is 14.1. The SMILES string of the molecule is N#Cc1cccnc1Nc1ccc(CC[C@H]2COC(N)=N2)cc1. The number of nitrogens with one attached hydrogen (secondary N) is 1. The van der Waals surface area contributed by atoms with Crippen LogP contribution in [-0.4, -0.2) is 23.7 Å². The van der Waals surface area contributed by atoms with Crippen molar-refractivity contribution in [1.82, 2.24) is 4.98 Å². The van der Waals surface area contributed by atoms with Crippen molar-refractivity contribution >= 4 is 17.5 Å². The Bertz CT molecular complexity index is 748. The number of nitriles is 1.